The Labute approximate surface area is 182 Å². The van der Waals surface area contributed by atoms with Crippen LogP contribution in [0.4, 0.5) is 5.69 Å². The number of amides is 1. The summed E-state index contributed by atoms with van der Waals surface area (Å²) in [6.07, 6.45) is 0.824. The highest BCUT2D eigenvalue weighted by atomic mass is 32.2. The van der Waals surface area contributed by atoms with Gasteiger partial charge in [0.2, 0.25) is 10.0 Å². The van der Waals surface area contributed by atoms with Crippen molar-refractivity contribution in [1.82, 2.24) is 4.72 Å². The van der Waals surface area contributed by atoms with E-state index in [9.17, 15) is 13.2 Å². The summed E-state index contributed by atoms with van der Waals surface area (Å²) in [5.74, 6) is 0.314. The van der Waals surface area contributed by atoms with Gasteiger partial charge in [0.05, 0.1) is 4.90 Å². The average molecular weight is 437 g/mol. The number of benzene rings is 3. The van der Waals surface area contributed by atoms with E-state index in [1.54, 1.807) is 17.0 Å². The fourth-order valence-corrected chi connectivity index (χ4v) is 4.75. The second-order valence-electron chi connectivity index (χ2n) is 7.52. The highest BCUT2D eigenvalue weighted by molar-refractivity contribution is 7.89. The fourth-order valence-electron chi connectivity index (χ4n) is 3.73. The minimum atomic E-state index is -3.64. The largest absolute Gasteiger partial charge is 0.484 e. The summed E-state index contributed by atoms with van der Waals surface area (Å²) in [4.78, 5) is 14.6. The van der Waals surface area contributed by atoms with Gasteiger partial charge >= 0.3 is 0 Å². The number of hydrogen-bond donors (Lipinski definition) is 1. The Balaban J connectivity index is 1.36. The van der Waals surface area contributed by atoms with Crippen LogP contribution in [0.15, 0.2) is 83.8 Å². The number of rotatable bonds is 7. The van der Waals surface area contributed by atoms with E-state index >= 15 is 0 Å². The molecule has 0 saturated carbocycles. The quantitative estimate of drug-likeness (QED) is 0.615. The van der Waals surface area contributed by atoms with Crippen molar-refractivity contribution >= 4 is 21.6 Å². The van der Waals surface area contributed by atoms with Gasteiger partial charge in [-0.2, -0.15) is 0 Å². The van der Waals surface area contributed by atoms with Gasteiger partial charge in [-0.05, 0) is 54.8 Å². The molecule has 0 radical (unpaired) electrons. The van der Waals surface area contributed by atoms with Crippen LogP contribution in [0.25, 0.3) is 0 Å². The van der Waals surface area contributed by atoms with Crippen LogP contribution in [0.1, 0.15) is 18.1 Å². The van der Waals surface area contributed by atoms with Crippen molar-refractivity contribution in [2.75, 3.05) is 11.5 Å². The summed E-state index contributed by atoms with van der Waals surface area (Å²) >= 11 is 0. The van der Waals surface area contributed by atoms with Gasteiger partial charge in [-0.3, -0.25) is 4.79 Å². The van der Waals surface area contributed by atoms with E-state index in [4.69, 9.17) is 4.74 Å². The van der Waals surface area contributed by atoms with Crippen molar-refractivity contribution < 1.29 is 17.9 Å². The SMILES string of the molecule is C[C@H]1Cc2ccccc2N1C(=O)COc1ccc(S(=O)(=O)NCc2ccccc2)cc1. The second kappa shape index (κ2) is 8.91. The number of hydrogen-bond acceptors (Lipinski definition) is 4. The lowest BCUT2D eigenvalue weighted by Gasteiger charge is -2.22. The maximum Gasteiger partial charge on any atom is 0.265 e. The summed E-state index contributed by atoms with van der Waals surface area (Å²) in [7, 11) is -3.64. The first-order valence-electron chi connectivity index (χ1n) is 10.1. The van der Waals surface area contributed by atoms with Gasteiger partial charge < -0.3 is 9.64 Å². The second-order valence-corrected chi connectivity index (χ2v) is 9.28. The van der Waals surface area contributed by atoms with Gasteiger partial charge in [0.15, 0.2) is 6.61 Å². The van der Waals surface area contributed by atoms with Crippen LogP contribution < -0.4 is 14.4 Å². The maximum absolute atomic E-state index is 12.7. The van der Waals surface area contributed by atoms with Crippen molar-refractivity contribution in [2.45, 2.75) is 30.8 Å². The number of sulfonamides is 1. The van der Waals surface area contributed by atoms with Crippen LogP contribution in [0.3, 0.4) is 0 Å². The first-order valence-corrected chi connectivity index (χ1v) is 11.6. The Morgan fingerprint density at radius 2 is 1.68 bits per heavy atom. The van der Waals surface area contributed by atoms with E-state index in [-0.39, 0.29) is 30.0 Å². The molecule has 0 saturated heterocycles. The first kappa shape index (κ1) is 21.1. The van der Waals surface area contributed by atoms with E-state index in [2.05, 4.69) is 4.72 Å². The van der Waals surface area contributed by atoms with Gasteiger partial charge in [0, 0.05) is 18.3 Å². The summed E-state index contributed by atoms with van der Waals surface area (Å²) in [6.45, 7) is 2.11. The molecule has 1 atom stereocenters. The standard InChI is InChI=1S/C24H24N2O4S/c1-18-15-20-9-5-6-10-23(20)26(18)24(27)17-30-21-11-13-22(14-12-21)31(28,29)25-16-19-7-3-2-4-8-19/h2-14,18,25H,15-17H2,1H3/t18-/m0/s1. The van der Waals surface area contributed by atoms with Crippen molar-refractivity contribution in [3.05, 3.63) is 90.0 Å². The van der Waals surface area contributed by atoms with Crippen LogP contribution in [0, 0.1) is 0 Å². The van der Waals surface area contributed by atoms with Crippen LogP contribution in [-0.2, 0) is 27.8 Å². The van der Waals surface area contributed by atoms with Crippen molar-refractivity contribution in [2.24, 2.45) is 0 Å². The van der Waals surface area contributed by atoms with Crippen LogP contribution in [0.2, 0.25) is 0 Å². The lowest BCUT2D eigenvalue weighted by Crippen LogP contribution is -2.39. The predicted molar refractivity (Wildman–Crippen MR) is 119 cm³/mol. The number of para-hydroxylation sites is 1. The third kappa shape index (κ3) is 4.78. The Bertz CT molecular complexity index is 1160. The maximum atomic E-state index is 12.7. The molecule has 1 amide bonds. The smallest absolute Gasteiger partial charge is 0.265 e. The highest BCUT2D eigenvalue weighted by Crippen LogP contribution is 2.31. The fraction of sp³-hybridized carbons (Fsp3) is 0.208. The Hall–Kier alpha value is -3.16. The molecule has 31 heavy (non-hydrogen) atoms. The average Bonchev–Trinajstić information content (AvgIpc) is 3.13. The summed E-state index contributed by atoms with van der Waals surface area (Å²) in [5, 5.41) is 0. The predicted octanol–water partition coefficient (Wildman–Crippen LogP) is 3.52. The summed E-state index contributed by atoms with van der Waals surface area (Å²) < 4.78 is 33.2. The molecule has 160 valence electrons. The van der Waals surface area contributed by atoms with E-state index < -0.39 is 10.0 Å². The third-order valence-electron chi connectivity index (χ3n) is 5.28. The van der Waals surface area contributed by atoms with E-state index in [0.717, 1.165) is 23.2 Å². The van der Waals surface area contributed by atoms with Crippen LogP contribution in [0.5, 0.6) is 5.75 Å². The molecule has 1 aliphatic heterocycles. The number of nitrogens with one attached hydrogen (secondary N) is 1. The molecule has 3 aromatic rings. The zero-order valence-electron chi connectivity index (χ0n) is 17.2. The van der Waals surface area contributed by atoms with Crippen molar-refractivity contribution in [3.63, 3.8) is 0 Å². The minimum Gasteiger partial charge on any atom is -0.484 e. The highest BCUT2D eigenvalue weighted by Gasteiger charge is 2.30. The molecule has 1 aliphatic rings. The molecule has 0 fully saturated rings. The van der Waals surface area contributed by atoms with Crippen LogP contribution >= 0.6 is 0 Å². The topological polar surface area (TPSA) is 75.7 Å². The number of nitrogens with zero attached hydrogens (tertiary/aromatic N) is 1. The number of anilines is 1. The normalized spacial score (nSPS) is 15.5. The van der Waals surface area contributed by atoms with Crippen molar-refractivity contribution in [1.29, 1.82) is 0 Å². The molecule has 0 unspecified atom stereocenters. The third-order valence-corrected chi connectivity index (χ3v) is 6.70. The Morgan fingerprint density at radius 3 is 2.42 bits per heavy atom. The monoisotopic (exact) mass is 436 g/mol. The Kier molecular flexibility index (Phi) is 6.06. The van der Waals surface area contributed by atoms with E-state index in [1.165, 1.54) is 12.1 Å². The Morgan fingerprint density at radius 1 is 1.00 bits per heavy atom. The molecule has 3 aromatic carbocycles. The van der Waals surface area contributed by atoms with E-state index in [1.807, 2.05) is 61.5 Å². The lowest BCUT2D eigenvalue weighted by molar-refractivity contribution is -0.120. The van der Waals surface area contributed by atoms with Crippen molar-refractivity contribution in [3.8, 4) is 5.75 Å². The summed E-state index contributed by atoms with van der Waals surface area (Å²) in [5.41, 5.74) is 2.96. The number of fused-ring (bicyclic) bond motifs is 1. The first-order chi connectivity index (χ1) is 14.9. The molecule has 0 aromatic heterocycles. The molecule has 0 bridgehead atoms. The molecule has 1 heterocycles. The molecule has 1 N–H and O–H groups in total. The molecular formula is C24H24N2O4S. The van der Waals surface area contributed by atoms with E-state index in [0.29, 0.717) is 5.75 Å². The molecule has 4 rings (SSSR count). The number of carbonyl (C=O) groups is 1. The number of carbonyl (C=O) groups excluding carboxylic acids is 1. The molecule has 0 aliphatic carbocycles. The van der Waals surface area contributed by atoms with Gasteiger partial charge in [0.1, 0.15) is 5.75 Å². The molecule has 0 spiro atoms. The molecule has 7 heteroatoms. The molecule has 6 nitrogen and oxygen atoms in total. The zero-order chi connectivity index (χ0) is 21.8. The summed E-state index contributed by atoms with van der Waals surface area (Å²) in [6, 6.07) is 23.3. The lowest BCUT2D eigenvalue weighted by atomic mass is 10.1. The molecular weight excluding hydrogens is 412 g/mol. The van der Waals surface area contributed by atoms with Gasteiger partial charge in [-0.1, -0.05) is 48.5 Å². The minimum absolute atomic E-state index is 0.0803. The van der Waals surface area contributed by atoms with Gasteiger partial charge in [-0.25, -0.2) is 13.1 Å². The zero-order valence-corrected chi connectivity index (χ0v) is 18.0. The van der Waals surface area contributed by atoms with Gasteiger partial charge in [-0.15, -0.1) is 0 Å². The number of ether oxygens (including phenoxy) is 1. The van der Waals surface area contributed by atoms with Crippen LogP contribution in [-0.4, -0.2) is 27.0 Å². The van der Waals surface area contributed by atoms with Gasteiger partial charge in [0.25, 0.3) is 5.91 Å².